The SMILES string of the molecule is C.Cn1ccc(-c2nc(N)c(=O)[nH]c2-c2cc(Cl)c3ncccc3c2)n1.Cn1ccc(-c2nc(N)c(Br)nc2-c2cc(Cl)c3ncccc3c2)n1. The van der Waals surface area contributed by atoms with Gasteiger partial charge in [-0.2, -0.15) is 10.2 Å². The molecule has 2 aromatic carbocycles. The van der Waals surface area contributed by atoms with Crippen LogP contribution in [-0.2, 0) is 14.1 Å². The highest BCUT2D eigenvalue weighted by Crippen LogP contribution is 2.36. The topological polar surface area (TPSA) is 185 Å². The summed E-state index contributed by atoms with van der Waals surface area (Å²) in [7, 11) is 3.65. The Morgan fingerprint density at radius 3 is 1.80 bits per heavy atom. The van der Waals surface area contributed by atoms with Crippen molar-refractivity contribution in [2.45, 2.75) is 7.43 Å². The monoisotopic (exact) mass is 782 g/mol. The van der Waals surface area contributed by atoms with Crippen LogP contribution < -0.4 is 17.0 Å². The Hall–Kier alpha value is -5.70. The number of nitrogens with one attached hydrogen (secondary N) is 1. The van der Waals surface area contributed by atoms with Gasteiger partial charge in [0.05, 0.1) is 32.5 Å². The Bertz CT molecular complexity index is 2640. The number of aromatic amines is 1. The second-order valence-corrected chi connectivity index (χ2v) is 12.7. The summed E-state index contributed by atoms with van der Waals surface area (Å²) in [5.74, 6) is 0.191. The maximum Gasteiger partial charge on any atom is 0.290 e. The fourth-order valence-corrected chi connectivity index (χ4v) is 6.14. The van der Waals surface area contributed by atoms with Crippen molar-refractivity contribution in [3.63, 3.8) is 0 Å². The van der Waals surface area contributed by atoms with E-state index in [1.54, 1.807) is 47.1 Å². The van der Waals surface area contributed by atoms with Crippen LogP contribution in [0.15, 0.2) is 94.8 Å². The third kappa shape index (κ3) is 7.01. The zero-order valence-electron chi connectivity index (χ0n) is 26.3. The maximum atomic E-state index is 12.0. The first-order valence-electron chi connectivity index (χ1n) is 14.9. The second-order valence-electron chi connectivity index (χ2n) is 11.1. The lowest BCUT2D eigenvalue weighted by atomic mass is 10.0. The third-order valence-electron chi connectivity index (χ3n) is 7.61. The standard InChI is InChI=1S/C17H12BrClN6.C17H13ClN6O.CH4/c1-25-6-4-12(24-25)15-14(22-16(18)17(20)23-15)10-7-9-3-2-5-21-13(9)11(19)8-10;1-24-6-4-12(23-24)15-14(22-17(25)16(19)21-15)10-7-9-3-2-5-20-13(9)11(18)8-10;/h2-8H,1H3,(H2,20,23);2-8H,1H3,(H2,19,21)(H,22,25);1H4. The molecule has 0 aliphatic heterocycles. The first kappa shape index (κ1) is 35.1. The number of fused-ring (bicyclic) bond motifs is 2. The summed E-state index contributed by atoms with van der Waals surface area (Å²) >= 11 is 16.1. The molecule has 8 rings (SSSR count). The largest absolute Gasteiger partial charge is 0.381 e. The molecule has 0 saturated carbocycles. The van der Waals surface area contributed by atoms with Crippen molar-refractivity contribution in [1.29, 1.82) is 0 Å². The molecule has 8 aromatic rings. The molecule has 0 spiro atoms. The van der Waals surface area contributed by atoms with Crippen LogP contribution in [0.3, 0.4) is 0 Å². The summed E-state index contributed by atoms with van der Waals surface area (Å²) in [6.07, 6.45) is 7.03. The van der Waals surface area contributed by atoms with Crippen LogP contribution in [0, 0.1) is 0 Å². The van der Waals surface area contributed by atoms with E-state index in [0.717, 1.165) is 21.9 Å². The highest BCUT2D eigenvalue weighted by atomic mass is 79.9. The number of hydrogen-bond donors (Lipinski definition) is 3. The van der Waals surface area contributed by atoms with Crippen molar-refractivity contribution in [2.75, 3.05) is 11.5 Å². The number of aromatic nitrogens is 10. The van der Waals surface area contributed by atoms with Crippen molar-refractivity contribution in [2.24, 2.45) is 14.1 Å². The average Bonchev–Trinajstić information content (AvgIpc) is 3.75. The van der Waals surface area contributed by atoms with E-state index in [1.807, 2.05) is 61.8 Å². The molecule has 6 heterocycles. The van der Waals surface area contributed by atoms with E-state index in [4.69, 9.17) is 34.7 Å². The van der Waals surface area contributed by atoms with Crippen LogP contribution in [0.4, 0.5) is 11.6 Å². The van der Waals surface area contributed by atoms with E-state index >= 15 is 0 Å². The quantitative estimate of drug-likeness (QED) is 0.163. The normalized spacial score (nSPS) is 10.9. The number of nitrogens with two attached hydrogens (primary N) is 2. The van der Waals surface area contributed by atoms with Crippen molar-refractivity contribution < 1.29 is 0 Å². The molecule has 51 heavy (non-hydrogen) atoms. The summed E-state index contributed by atoms with van der Waals surface area (Å²) in [5.41, 5.74) is 17.7. The smallest absolute Gasteiger partial charge is 0.290 e. The van der Waals surface area contributed by atoms with Crippen LogP contribution in [0.25, 0.3) is 67.1 Å². The van der Waals surface area contributed by atoms with Gasteiger partial charge < -0.3 is 16.5 Å². The highest BCUT2D eigenvalue weighted by molar-refractivity contribution is 9.10. The van der Waals surface area contributed by atoms with Gasteiger partial charge in [0.1, 0.15) is 27.4 Å². The van der Waals surface area contributed by atoms with Crippen LogP contribution in [0.2, 0.25) is 10.0 Å². The summed E-state index contributed by atoms with van der Waals surface area (Å²) in [6, 6.07) is 18.7. The molecule has 0 bridgehead atoms. The molecule has 0 amide bonds. The van der Waals surface area contributed by atoms with Gasteiger partial charge in [0.25, 0.3) is 5.56 Å². The van der Waals surface area contributed by atoms with Crippen LogP contribution in [0.5, 0.6) is 0 Å². The second kappa shape index (κ2) is 14.3. The molecule has 5 N–H and O–H groups in total. The van der Waals surface area contributed by atoms with E-state index in [-0.39, 0.29) is 13.2 Å². The minimum Gasteiger partial charge on any atom is -0.381 e. The van der Waals surface area contributed by atoms with E-state index in [9.17, 15) is 4.79 Å². The lowest BCUT2D eigenvalue weighted by molar-refractivity contribution is 0.770. The number of anilines is 2. The van der Waals surface area contributed by atoms with Crippen LogP contribution in [-0.4, -0.2) is 49.5 Å². The predicted octanol–water partition coefficient (Wildman–Crippen LogP) is 7.35. The molecule has 0 fully saturated rings. The molecule has 0 aliphatic rings. The van der Waals surface area contributed by atoms with Crippen molar-refractivity contribution in [3.8, 4) is 45.3 Å². The third-order valence-corrected chi connectivity index (χ3v) is 8.77. The van der Waals surface area contributed by atoms with Crippen LogP contribution >= 0.6 is 39.1 Å². The summed E-state index contributed by atoms with van der Waals surface area (Å²) < 4.78 is 3.83. The maximum absolute atomic E-state index is 12.0. The Balaban J connectivity index is 0.000000172. The number of benzene rings is 2. The van der Waals surface area contributed by atoms with Gasteiger partial charge in [0.15, 0.2) is 11.6 Å². The van der Waals surface area contributed by atoms with E-state index in [1.165, 1.54) is 0 Å². The molecule has 0 atom stereocenters. The number of H-pyrrole nitrogens is 1. The van der Waals surface area contributed by atoms with Gasteiger partial charge >= 0.3 is 0 Å². The number of halogens is 3. The number of nitrogen functional groups attached to an aromatic ring is 2. The molecule has 0 unspecified atom stereocenters. The lowest BCUT2D eigenvalue weighted by Gasteiger charge is -2.10. The first-order valence-corrected chi connectivity index (χ1v) is 16.4. The molecule has 0 radical (unpaired) electrons. The molecular formula is C35H29BrCl2N12O. The van der Waals surface area contributed by atoms with Crippen LogP contribution in [0.1, 0.15) is 7.43 Å². The molecule has 16 heteroatoms. The predicted molar refractivity (Wildman–Crippen MR) is 206 cm³/mol. The van der Waals surface area contributed by atoms with Gasteiger partial charge in [-0.15, -0.1) is 0 Å². The Morgan fingerprint density at radius 1 is 0.706 bits per heavy atom. The van der Waals surface area contributed by atoms with Crippen molar-refractivity contribution in [3.05, 3.63) is 110 Å². The zero-order valence-corrected chi connectivity index (χ0v) is 29.4. The van der Waals surface area contributed by atoms with E-state index in [0.29, 0.717) is 65.7 Å². The van der Waals surface area contributed by atoms with Gasteiger partial charge in [-0.1, -0.05) is 42.8 Å². The lowest BCUT2D eigenvalue weighted by Crippen LogP contribution is -2.16. The minimum absolute atomic E-state index is 0. The van der Waals surface area contributed by atoms with Gasteiger partial charge in [0.2, 0.25) is 0 Å². The number of rotatable bonds is 4. The number of aryl methyl sites for hydroxylation is 2. The van der Waals surface area contributed by atoms with Crippen molar-refractivity contribution >= 4 is 72.6 Å². The number of hydrogen-bond acceptors (Lipinski definition) is 10. The average molecular weight is 785 g/mol. The molecule has 0 saturated heterocycles. The summed E-state index contributed by atoms with van der Waals surface area (Å²) in [6.45, 7) is 0. The fourth-order valence-electron chi connectivity index (χ4n) is 5.33. The van der Waals surface area contributed by atoms with E-state index < -0.39 is 5.56 Å². The highest BCUT2D eigenvalue weighted by Gasteiger charge is 2.19. The Kier molecular flexibility index (Phi) is 9.83. The minimum atomic E-state index is -0.461. The Morgan fingerprint density at radius 2 is 1.24 bits per heavy atom. The molecule has 0 aliphatic carbocycles. The van der Waals surface area contributed by atoms with Crippen molar-refractivity contribution in [1.82, 2.24) is 49.5 Å². The van der Waals surface area contributed by atoms with Gasteiger partial charge in [-0.3, -0.25) is 24.1 Å². The molecule has 13 nitrogen and oxygen atoms in total. The fraction of sp³-hybridized carbons (Fsp3) is 0.0857. The Labute approximate surface area is 309 Å². The molecule has 256 valence electrons. The van der Waals surface area contributed by atoms with Gasteiger partial charge in [-0.25, -0.2) is 15.0 Å². The number of pyridine rings is 2. The first-order chi connectivity index (χ1) is 24.0. The molecular weight excluding hydrogens is 755 g/mol. The zero-order chi connectivity index (χ0) is 35.1. The van der Waals surface area contributed by atoms with Gasteiger partial charge in [0, 0.05) is 60.8 Å². The van der Waals surface area contributed by atoms with Gasteiger partial charge in [-0.05, 0) is 64.5 Å². The summed E-state index contributed by atoms with van der Waals surface area (Å²) in [4.78, 5) is 36.7. The number of nitrogens with zero attached hydrogens (tertiary/aromatic N) is 9. The summed E-state index contributed by atoms with van der Waals surface area (Å²) in [5, 5.41) is 11.6. The molecule has 6 aromatic heterocycles. The van der Waals surface area contributed by atoms with E-state index in [2.05, 4.69) is 56.0 Å².